The van der Waals surface area contributed by atoms with Crippen LogP contribution in [0.1, 0.15) is 485 Å². The zero-order valence-electron chi connectivity index (χ0n) is 73.0. The van der Waals surface area contributed by atoms with Crippen molar-refractivity contribution < 1.29 is 81.2 Å². The van der Waals surface area contributed by atoms with Crippen LogP contribution in [0.3, 0.4) is 0 Å². The van der Waals surface area contributed by atoms with Crippen LogP contribution in [0.25, 0.3) is 0 Å². The van der Waals surface area contributed by atoms with Crippen LogP contribution in [-0.4, -0.2) is 119 Å². The monoisotopic (exact) mass is 1610 g/mol. The highest BCUT2D eigenvalue weighted by atomic mass is 31.2. The summed E-state index contributed by atoms with van der Waals surface area (Å²) in [6.45, 7) is 12.0. The minimum Gasteiger partial charge on any atom is -0.462 e. The van der Waals surface area contributed by atoms with Gasteiger partial charge in [-0.05, 0) is 57.8 Å². The highest BCUT2D eigenvalue weighted by Gasteiger charge is 2.52. The Bertz CT molecular complexity index is 2240. The number of unbranched alkanes of at least 4 members (excludes halogenated alkanes) is 54. The number of esters is 4. The van der Waals surface area contributed by atoms with Crippen LogP contribution in [0.5, 0.6) is 0 Å². The van der Waals surface area contributed by atoms with Crippen molar-refractivity contribution in [1.82, 2.24) is 10.6 Å². The topological polar surface area (TPSA) is 269 Å². The van der Waals surface area contributed by atoms with Gasteiger partial charge in [0.2, 0.25) is 11.8 Å². The van der Waals surface area contributed by atoms with Crippen molar-refractivity contribution in [3.63, 3.8) is 0 Å². The summed E-state index contributed by atoms with van der Waals surface area (Å²) < 4.78 is 55.7. The Hall–Kier alpha value is -3.19. The predicted octanol–water partition coefficient (Wildman–Crippen LogP) is 24.5. The van der Waals surface area contributed by atoms with Crippen LogP contribution in [0.4, 0.5) is 0 Å². The minimum absolute atomic E-state index is 0.0789. The van der Waals surface area contributed by atoms with Crippen molar-refractivity contribution in [3.8, 4) is 0 Å². The van der Waals surface area contributed by atoms with E-state index in [1.165, 1.54) is 212 Å². The number of phosphoric ester groups is 1. The summed E-state index contributed by atoms with van der Waals surface area (Å²) in [4.78, 5) is 106. The van der Waals surface area contributed by atoms with Crippen LogP contribution < -0.4 is 10.6 Å². The summed E-state index contributed by atoms with van der Waals surface area (Å²) in [5.41, 5.74) is 0. The quantitative estimate of drug-likeness (QED) is 0.0164. The summed E-state index contributed by atoms with van der Waals surface area (Å²) in [6.07, 6.45) is 58.1. The average molecular weight is 1610 g/mol. The zero-order valence-corrected chi connectivity index (χ0v) is 73.9. The highest BCUT2D eigenvalue weighted by Crippen LogP contribution is 2.42. The number of nitrogens with one attached hydrogen (secondary N) is 2. The van der Waals surface area contributed by atoms with E-state index in [2.05, 4.69) is 52.2 Å². The molecule has 1 aliphatic rings. The molecule has 1 rings (SSSR count). The molecule has 0 aromatic carbocycles. The largest absolute Gasteiger partial charge is 0.470 e. The Balaban J connectivity index is 3.68. The fourth-order valence-electron chi connectivity index (χ4n) is 15.4. The van der Waals surface area contributed by atoms with Gasteiger partial charge >= 0.3 is 31.7 Å². The number of carbonyl (C=O) groups is 6. The molecule has 112 heavy (non-hydrogen) atoms. The predicted molar refractivity (Wildman–Crippen MR) is 456 cm³/mol. The van der Waals surface area contributed by atoms with Gasteiger partial charge in [-0.3, -0.25) is 33.3 Å². The number of ether oxygens (including phenoxy) is 6. The van der Waals surface area contributed by atoms with E-state index in [1.54, 1.807) is 0 Å². The van der Waals surface area contributed by atoms with Gasteiger partial charge in [-0.2, -0.15) is 0 Å². The summed E-state index contributed by atoms with van der Waals surface area (Å²) in [7, 11) is -5.48. The minimum atomic E-state index is -5.48. The van der Waals surface area contributed by atoms with Crippen LogP contribution in [0.2, 0.25) is 0 Å². The molecule has 0 aliphatic carbocycles. The number of aliphatic hydroxyl groups excluding tert-OH is 1. The summed E-state index contributed by atoms with van der Waals surface area (Å²) in [5, 5.41) is 16.8. The molecule has 0 aromatic rings. The third-order valence-electron chi connectivity index (χ3n) is 22.3. The van der Waals surface area contributed by atoms with E-state index in [0.29, 0.717) is 44.9 Å². The Kier molecular flexibility index (Phi) is 74.1. The van der Waals surface area contributed by atoms with E-state index in [4.69, 9.17) is 32.9 Å². The van der Waals surface area contributed by atoms with Gasteiger partial charge in [0.1, 0.15) is 36.6 Å². The molecule has 1 fully saturated rings. The highest BCUT2D eigenvalue weighted by molar-refractivity contribution is 7.46. The molecule has 1 heterocycles. The Morgan fingerprint density at radius 2 is 0.616 bits per heavy atom. The molecule has 1 saturated heterocycles. The third kappa shape index (κ3) is 65.8. The fourth-order valence-corrected chi connectivity index (χ4v) is 16.0. The van der Waals surface area contributed by atoms with E-state index in [0.717, 1.165) is 148 Å². The van der Waals surface area contributed by atoms with Gasteiger partial charge in [-0.1, -0.05) is 388 Å². The van der Waals surface area contributed by atoms with Gasteiger partial charge in [0.05, 0.1) is 32.5 Å². The lowest BCUT2D eigenvalue weighted by Gasteiger charge is -2.45. The van der Waals surface area contributed by atoms with Crippen LogP contribution >= 0.6 is 7.82 Å². The van der Waals surface area contributed by atoms with E-state index in [1.807, 2.05) is 0 Å². The number of aliphatic hydroxyl groups is 1. The van der Waals surface area contributed by atoms with Crippen LogP contribution in [0, 0.1) is 0 Å². The molecule has 19 nitrogen and oxygen atoms in total. The first-order valence-corrected chi connectivity index (χ1v) is 49.0. The van der Waals surface area contributed by atoms with Gasteiger partial charge < -0.3 is 53.9 Å². The lowest BCUT2D eigenvalue weighted by Crippen LogP contribution is -2.66. The van der Waals surface area contributed by atoms with Gasteiger partial charge in [0, 0.05) is 25.8 Å². The number of hydrogen-bond donors (Lipinski definition) is 5. The maximum absolute atomic E-state index is 14.9. The lowest BCUT2D eigenvalue weighted by atomic mass is 9.96. The van der Waals surface area contributed by atoms with Gasteiger partial charge in [-0.15, -0.1) is 0 Å². The lowest BCUT2D eigenvalue weighted by molar-refractivity contribution is -0.270. The maximum Gasteiger partial charge on any atom is 0.470 e. The average Bonchev–Trinajstić information content (AvgIpc) is 0.781. The maximum atomic E-state index is 14.9. The molecule has 0 saturated carbocycles. The van der Waals surface area contributed by atoms with Crippen molar-refractivity contribution in [3.05, 3.63) is 0 Å². The van der Waals surface area contributed by atoms with Gasteiger partial charge in [0.25, 0.3) is 0 Å². The molecule has 1 aliphatic heterocycles. The molecule has 20 heteroatoms. The number of rotatable bonds is 84. The molecule has 5 N–H and O–H groups in total. The SMILES string of the molecule is CCCCCCCCCCCCCC(=O)O[C@H](CCCCCCCCCCC)CC(=O)NCCO[C@@H]1OC(CO)[C@@H](OP(=O)(O)O)[C@H](OC(=O)C[C@@H](CCCCCCCCCCC)OC(=O)CCCCCCCCCCCCC)C1NC(=O)C[C@@H](CCCCCCCCCCC)OC(=O)CCCCCCCCCCCCC. The summed E-state index contributed by atoms with van der Waals surface area (Å²) in [5.74, 6) is -3.15. The molecule has 0 spiro atoms. The van der Waals surface area contributed by atoms with E-state index in [9.17, 15) is 48.2 Å². The number of phosphoric acid groups is 1. The van der Waals surface area contributed by atoms with E-state index < -0.39 is 93.6 Å². The molecular formula is C92H175N2O17P. The molecule has 2 amide bonds. The molecule has 0 bridgehead atoms. The van der Waals surface area contributed by atoms with E-state index >= 15 is 0 Å². The summed E-state index contributed by atoms with van der Waals surface area (Å²) in [6, 6.07) is -1.58. The number of hydrogen-bond acceptors (Lipinski definition) is 15. The van der Waals surface area contributed by atoms with Crippen molar-refractivity contribution in [1.29, 1.82) is 0 Å². The van der Waals surface area contributed by atoms with Crippen molar-refractivity contribution in [2.24, 2.45) is 0 Å². The van der Waals surface area contributed by atoms with E-state index in [-0.39, 0.29) is 57.1 Å². The molecule has 0 radical (unpaired) electrons. The first-order chi connectivity index (χ1) is 54.5. The normalized spacial score (nSPS) is 16.6. The second kappa shape index (κ2) is 77.7. The second-order valence-corrected chi connectivity index (χ2v) is 34.4. The van der Waals surface area contributed by atoms with Gasteiger partial charge in [0.15, 0.2) is 12.4 Å². The Morgan fingerprint density at radius 3 is 0.902 bits per heavy atom. The molecule has 2 unspecified atom stereocenters. The third-order valence-corrected chi connectivity index (χ3v) is 22.9. The van der Waals surface area contributed by atoms with Crippen molar-refractivity contribution in [2.75, 3.05) is 19.8 Å². The fraction of sp³-hybridized carbons (Fsp3) is 0.935. The zero-order chi connectivity index (χ0) is 81.9. The molecule has 0 aromatic heterocycles. The molecular weight excluding hydrogens is 1440 g/mol. The standard InChI is InChI=1S/C92H175N2O17P/c1-7-13-19-25-31-37-40-46-52-58-64-70-85(98)106-79(67-61-55-49-43-34-28-22-16-10-4)75-83(96)93-73-74-105-92-89(94-84(97)76-80(68-62-56-50-44-35-29-23-17-11-5)107-86(99)71-65-59-53-47-41-38-32-26-20-14-8-2)91(90(82(78-95)109-92)111-112(102,103)104)110-88(101)77-81(69-63-57-51-45-36-30-24-18-12-6)108-87(100)72-66-60-54-48-42-39-33-27-21-15-9-3/h79-82,89-92,95H,7-78H2,1-6H3,(H,93,96)(H,94,97)(H2,102,103,104)/t79-,80-,81-,82?,89?,90-,91-,92-/m1/s1. The number of amides is 2. The molecule has 8 atom stereocenters. The number of carbonyl (C=O) groups excluding carboxylic acids is 6. The second-order valence-electron chi connectivity index (χ2n) is 33.2. The Morgan fingerprint density at radius 1 is 0.348 bits per heavy atom. The van der Waals surface area contributed by atoms with Crippen LogP contribution in [-0.2, 0) is 66.3 Å². The molecule has 660 valence electrons. The smallest absolute Gasteiger partial charge is 0.462 e. The van der Waals surface area contributed by atoms with Crippen molar-refractivity contribution >= 4 is 43.5 Å². The first-order valence-electron chi connectivity index (χ1n) is 47.5. The van der Waals surface area contributed by atoms with Gasteiger partial charge in [-0.25, -0.2) is 4.57 Å². The van der Waals surface area contributed by atoms with Crippen molar-refractivity contribution in [2.45, 2.75) is 534 Å². The first kappa shape index (κ1) is 107. The van der Waals surface area contributed by atoms with Crippen LogP contribution in [0.15, 0.2) is 0 Å². The summed E-state index contributed by atoms with van der Waals surface area (Å²) >= 11 is 0. The Labute approximate surface area is 685 Å².